The van der Waals surface area contributed by atoms with Gasteiger partial charge >= 0.3 is 5.97 Å². The molecule has 0 aliphatic carbocycles. The average molecular weight is 498 g/mol. The van der Waals surface area contributed by atoms with Crippen molar-refractivity contribution in [2.75, 3.05) is 25.1 Å². The molecule has 0 saturated carbocycles. The number of unbranched alkanes of at least 4 members (excludes halogenated alkanes) is 1. The van der Waals surface area contributed by atoms with E-state index in [1.54, 1.807) is 23.9 Å². The fourth-order valence-corrected chi connectivity index (χ4v) is 3.54. The number of benzene rings is 1. The molecule has 190 valence electrons. The van der Waals surface area contributed by atoms with E-state index in [1.807, 2.05) is 6.26 Å². The molecule has 1 aromatic carbocycles. The number of hydrogen-bond acceptors (Lipinski definition) is 8. The molecule has 3 unspecified atom stereocenters. The molecule has 0 heterocycles. The van der Waals surface area contributed by atoms with Crippen molar-refractivity contribution in [1.29, 1.82) is 0 Å². The van der Waals surface area contributed by atoms with Gasteiger partial charge in [-0.25, -0.2) is 0 Å². The van der Waals surface area contributed by atoms with E-state index in [2.05, 4.69) is 16.0 Å². The Morgan fingerprint density at radius 2 is 1.62 bits per heavy atom. The lowest BCUT2D eigenvalue weighted by Gasteiger charge is -2.24. The molecule has 0 aliphatic heterocycles. The molecule has 0 radical (unpaired) electrons. The Morgan fingerprint density at radius 1 is 0.971 bits per heavy atom. The molecule has 1 aromatic rings. The van der Waals surface area contributed by atoms with Crippen LogP contribution in [0.4, 0.5) is 0 Å². The molecule has 1 rings (SSSR count). The first-order valence-electron chi connectivity index (χ1n) is 11.0. The molecule has 0 fully saturated rings. The molecule has 0 spiro atoms. The van der Waals surface area contributed by atoms with Crippen molar-refractivity contribution < 1.29 is 29.4 Å². The summed E-state index contributed by atoms with van der Waals surface area (Å²) in [6, 6.07) is 3.32. The van der Waals surface area contributed by atoms with Crippen LogP contribution in [-0.4, -0.2) is 77.1 Å². The zero-order chi connectivity index (χ0) is 25.5. The van der Waals surface area contributed by atoms with Crippen molar-refractivity contribution in [3.05, 3.63) is 29.8 Å². The number of carbonyl (C=O) groups excluding carboxylic acids is 3. The number of carboxylic acid groups (broad SMARTS) is 1. The third kappa shape index (κ3) is 11.3. The van der Waals surface area contributed by atoms with Crippen molar-refractivity contribution in [2.45, 2.75) is 50.2 Å². The fraction of sp³-hybridized carbons (Fsp3) is 0.545. The molecule has 0 bridgehead atoms. The van der Waals surface area contributed by atoms with Gasteiger partial charge in [0.25, 0.3) is 0 Å². The molecule has 9 N–H and O–H groups in total. The lowest BCUT2D eigenvalue weighted by atomic mass is 10.0. The van der Waals surface area contributed by atoms with Crippen LogP contribution in [0.5, 0.6) is 5.75 Å². The van der Waals surface area contributed by atoms with Gasteiger partial charge in [-0.1, -0.05) is 12.1 Å². The fourth-order valence-electron chi connectivity index (χ4n) is 3.05. The van der Waals surface area contributed by atoms with E-state index in [0.717, 1.165) is 0 Å². The number of thioether (sulfide) groups is 1. The number of nitrogens with one attached hydrogen (secondary N) is 3. The first kappa shape index (κ1) is 29.2. The quantitative estimate of drug-likeness (QED) is 0.145. The predicted molar refractivity (Wildman–Crippen MR) is 130 cm³/mol. The van der Waals surface area contributed by atoms with E-state index in [9.17, 15) is 24.3 Å². The van der Waals surface area contributed by atoms with Gasteiger partial charge in [-0.2, -0.15) is 11.8 Å². The number of phenols is 1. The lowest BCUT2D eigenvalue weighted by Crippen LogP contribution is -2.56. The number of carbonyl (C=O) groups is 4. The minimum absolute atomic E-state index is 0.0583. The number of aliphatic carboxylic acids is 1. The summed E-state index contributed by atoms with van der Waals surface area (Å²) in [4.78, 5) is 49.0. The van der Waals surface area contributed by atoms with E-state index >= 15 is 0 Å². The molecule has 34 heavy (non-hydrogen) atoms. The first-order valence-corrected chi connectivity index (χ1v) is 12.4. The Labute approximate surface area is 203 Å². The van der Waals surface area contributed by atoms with Crippen LogP contribution in [0.2, 0.25) is 0 Å². The number of hydrogen-bond donors (Lipinski definition) is 7. The minimum atomic E-state index is -1.21. The third-order valence-corrected chi connectivity index (χ3v) is 5.62. The molecule has 11 nitrogen and oxygen atoms in total. The summed E-state index contributed by atoms with van der Waals surface area (Å²) in [6.45, 7) is -0.176. The maximum absolute atomic E-state index is 13.1. The lowest BCUT2D eigenvalue weighted by molar-refractivity contribution is -0.138. The van der Waals surface area contributed by atoms with E-state index in [-0.39, 0.29) is 18.6 Å². The largest absolute Gasteiger partial charge is 0.508 e. The number of carboxylic acids is 1. The normalized spacial score (nSPS) is 13.4. The van der Waals surface area contributed by atoms with E-state index < -0.39 is 48.4 Å². The second-order valence-corrected chi connectivity index (χ2v) is 8.76. The van der Waals surface area contributed by atoms with Crippen molar-refractivity contribution in [1.82, 2.24) is 16.0 Å². The van der Waals surface area contributed by atoms with E-state index in [4.69, 9.17) is 16.6 Å². The number of phenolic OH excluding ortho intramolecular Hbond substituents is 1. The summed E-state index contributed by atoms with van der Waals surface area (Å²) in [5.74, 6) is -2.22. The van der Waals surface area contributed by atoms with E-state index in [1.165, 1.54) is 12.1 Å². The standard InChI is InChI=1S/C22H35N5O6S/c1-34-11-9-16(24)20(31)27-18(12-14-5-7-15(28)8-6-14)22(33)26-17(4-2-3-10-23)21(32)25-13-19(29)30/h5-8,16-18,28H,2-4,9-13,23-24H2,1H3,(H,25,32)(H,26,33)(H,27,31)(H,29,30). The summed E-state index contributed by atoms with van der Waals surface area (Å²) >= 11 is 1.55. The van der Waals surface area contributed by atoms with E-state index in [0.29, 0.717) is 37.1 Å². The highest BCUT2D eigenvalue weighted by Gasteiger charge is 2.28. The zero-order valence-corrected chi connectivity index (χ0v) is 20.1. The van der Waals surface area contributed by atoms with Gasteiger partial charge in [-0.05, 0) is 61.9 Å². The van der Waals surface area contributed by atoms with Crippen LogP contribution in [-0.2, 0) is 25.6 Å². The van der Waals surface area contributed by atoms with Gasteiger partial charge in [-0.15, -0.1) is 0 Å². The summed E-state index contributed by atoms with van der Waals surface area (Å²) < 4.78 is 0. The van der Waals surface area contributed by atoms with Gasteiger partial charge in [0, 0.05) is 6.42 Å². The van der Waals surface area contributed by atoms with Crippen LogP contribution in [0.15, 0.2) is 24.3 Å². The second-order valence-electron chi connectivity index (χ2n) is 7.78. The Hall–Kier alpha value is -2.83. The summed E-state index contributed by atoms with van der Waals surface area (Å²) in [5, 5.41) is 25.9. The minimum Gasteiger partial charge on any atom is -0.508 e. The summed E-state index contributed by atoms with van der Waals surface area (Å²) in [7, 11) is 0. The van der Waals surface area contributed by atoms with Crippen LogP contribution in [0.1, 0.15) is 31.2 Å². The van der Waals surface area contributed by atoms with Gasteiger partial charge in [-0.3, -0.25) is 19.2 Å². The van der Waals surface area contributed by atoms with Crippen molar-refractivity contribution in [2.24, 2.45) is 11.5 Å². The van der Waals surface area contributed by atoms with Gasteiger partial charge in [0.05, 0.1) is 6.04 Å². The number of amides is 3. The molecule has 0 saturated heterocycles. The van der Waals surface area contributed by atoms with Crippen LogP contribution < -0.4 is 27.4 Å². The Kier molecular flexibility index (Phi) is 13.7. The highest BCUT2D eigenvalue weighted by Crippen LogP contribution is 2.12. The number of nitrogens with two attached hydrogens (primary N) is 2. The van der Waals surface area contributed by atoms with Gasteiger partial charge in [0.2, 0.25) is 17.7 Å². The van der Waals surface area contributed by atoms with Crippen LogP contribution in [0.3, 0.4) is 0 Å². The first-order chi connectivity index (χ1) is 16.2. The molecule has 3 amide bonds. The second kappa shape index (κ2) is 15.9. The zero-order valence-electron chi connectivity index (χ0n) is 19.3. The Bertz CT molecular complexity index is 807. The average Bonchev–Trinajstić information content (AvgIpc) is 2.81. The van der Waals surface area contributed by atoms with Gasteiger partial charge in [0.1, 0.15) is 24.4 Å². The topological polar surface area (TPSA) is 197 Å². The van der Waals surface area contributed by atoms with Crippen LogP contribution >= 0.6 is 11.8 Å². The van der Waals surface area contributed by atoms with Crippen molar-refractivity contribution in [3.63, 3.8) is 0 Å². The molecular weight excluding hydrogens is 462 g/mol. The van der Waals surface area contributed by atoms with Gasteiger partial charge in [0.15, 0.2) is 0 Å². The van der Waals surface area contributed by atoms with Crippen LogP contribution in [0.25, 0.3) is 0 Å². The summed E-state index contributed by atoms with van der Waals surface area (Å²) in [6.07, 6.45) is 3.83. The highest BCUT2D eigenvalue weighted by molar-refractivity contribution is 7.98. The maximum atomic E-state index is 13.1. The molecule has 0 aromatic heterocycles. The smallest absolute Gasteiger partial charge is 0.322 e. The highest BCUT2D eigenvalue weighted by atomic mass is 32.2. The van der Waals surface area contributed by atoms with Gasteiger partial charge < -0.3 is 37.6 Å². The van der Waals surface area contributed by atoms with Crippen molar-refractivity contribution in [3.8, 4) is 5.75 Å². The Morgan fingerprint density at radius 3 is 2.21 bits per heavy atom. The van der Waals surface area contributed by atoms with Crippen molar-refractivity contribution >= 4 is 35.5 Å². The molecule has 0 aliphatic rings. The maximum Gasteiger partial charge on any atom is 0.322 e. The van der Waals surface area contributed by atoms with Crippen LogP contribution in [0, 0.1) is 0 Å². The molecule has 3 atom stereocenters. The number of aromatic hydroxyl groups is 1. The summed E-state index contributed by atoms with van der Waals surface area (Å²) in [5.41, 5.74) is 12.1. The Balaban J connectivity index is 3.00. The monoisotopic (exact) mass is 497 g/mol. The molecule has 12 heteroatoms. The third-order valence-electron chi connectivity index (χ3n) is 4.97. The SMILES string of the molecule is CSCCC(N)C(=O)NC(Cc1ccc(O)cc1)C(=O)NC(CCCCN)C(=O)NCC(=O)O. The predicted octanol–water partition coefficient (Wildman–Crippen LogP) is -0.685. The molecular formula is C22H35N5O6S. The number of rotatable bonds is 16.